The molecular weight excluding hydrogens is 366 g/mol. The second-order valence-corrected chi connectivity index (χ2v) is 6.25. The number of benzene rings is 1. The molecule has 9 heteroatoms. The van der Waals surface area contributed by atoms with Crippen molar-refractivity contribution < 1.29 is 18.3 Å². The van der Waals surface area contributed by atoms with Gasteiger partial charge in [-0.25, -0.2) is 9.97 Å². The average molecular weight is 383 g/mol. The van der Waals surface area contributed by atoms with E-state index in [4.69, 9.17) is 11.6 Å². The molecule has 2 aromatic rings. The molecule has 0 radical (unpaired) electrons. The lowest BCUT2D eigenvalue weighted by atomic mass is 9.97. The van der Waals surface area contributed by atoms with Gasteiger partial charge in [0.05, 0.1) is 10.9 Å². The molecule has 0 aliphatic carbocycles. The molecule has 1 aromatic carbocycles. The number of nitrogens with one attached hydrogen (secondary N) is 1. The summed E-state index contributed by atoms with van der Waals surface area (Å²) in [5, 5.41) is 2.78. The standard InChI is InChI=1S/C17H17ClF2N4O2/c18-13-9-12(4-5-14(13)26-16(19)20)23-15(25)11-3-1-8-24(10-11)17-21-6-2-7-22-17/h2,4-7,9,11,16H,1,3,8,10H2,(H,23,25). The van der Waals surface area contributed by atoms with E-state index in [1.165, 1.54) is 18.2 Å². The maximum Gasteiger partial charge on any atom is 0.387 e. The summed E-state index contributed by atoms with van der Waals surface area (Å²) >= 11 is 5.91. The van der Waals surface area contributed by atoms with Crippen molar-refractivity contribution in [2.75, 3.05) is 23.3 Å². The van der Waals surface area contributed by atoms with Crippen molar-refractivity contribution >= 4 is 29.1 Å². The molecule has 138 valence electrons. The molecule has 1 amide bonds. The first-order valence-electron chi connectivity index (χ1n) is 8.10. The quantitative estimate of drug-likeness (QED) is 0.856. The first-order valence-corrected chi connectivity index (χ1v) is 8.48. The number of piperidine rings is 1. The molecule has 1 N–H and O–H groups in total. The largest absolute Gasteiger partial charge is 0.433 e. The number of carbonyl (C=O) groups excluding carboxylic acids is 1. The lowest BCUT2D eigenvalue weighted by Gasteiger charge is -2.31. The predicted molar refractivity (Wildman–Crippen MR) is 93.7 cm³/mol. The monoisotopic (exact) mass is 382 g/mol. The van der Waals surface area contributed by atoms with Crippen LogP contribution in [0.3, 0.4) is 0 Å². The Labute approximate surface area is 154 Å². The number of aromatic nitrogens is 2. The van der Waals surface area contributed by atoms with Crippen molar-refractivity contribution in [3.05, 3.63) is 41.7 Å². The molecule has 1 aromatic heterocycles. The third kappa shape index (κ3) is 4.57. The average Bonchev–Trinajstić information content (AvgIpc) is 2.64. The van der Waals surface area contributed by atoms with E-state index < -0.39 is 6.61 Å². The van der Waals surface area contributed by atoms with Crippen molar-refractivity contribution in [1.29, 1.82) is 0 Å². The van der Waals surface area contributed by atoms with Crippen molar-refractivity contribution in [1.82, 2.24) is 9.97 Å². The van der Waals surface area contributed by atoms with Crippen LogP contribution in [-0.2, 0) is 4.79 Å². The lowest BCUT2D eigenvalue weighted by molar-refractivity contribution is -0.120. The second kappa shape index (κ2) is 8.27. The molecule has 6 nitrogen and oxygen atoms in total. The SMILES string of the molecule is O=C(Nc1ccc(OC(F)F)c(Cl)c1)C1CCCN(c2ncccn2)C1. The number of halogens is 3. The molecule has 2 heterocycles. The summed E-state index contributed by atoms with van der Waals surface area (Å²) in [5.41, 5.74) is 0.426. The van der Waals surface area contributed by atoms with Crippen LogP contribution in [0, 0.1) is 5.92 Å². The number of ether oxygens (including phenoxy) is 1. The molecule has 1 fully saturated rings. The van der Waals surface area contributed by atoms with Gasteiger partial charge < -0.3 is 15.0 Å². The van der Waals surface area contributed by atoms with Gasteiger partial charge in [-0.3, -0.25) is 4.79 Å². The van der Waals surface area contributed by atoms with E-state index in [0.717, 1.165) is 19.4 Å². The molecule has 0 spiro atoms. The summed E-state index contributed by atoms with van der Waals surface area (Å²) in [6.45, 7) is -1.66. The Morgan fingerprint density at radius 2 is 2.12 bits per heavy atom. The van der Waals surface area contributed by atoms with Crippen molar-refractivity contribution in [2.45, 2.75) is 19.5 Å². The van der Waals surface area contributed by atoms with Crippen LogP contribution in [0.15, 0.2) is 36.7 Å². The maximum atomic E-state index is 12.5. The molecule has 1 unspecified atom stereocenters. The molecule has 1 aliphatic heterocycles. The topological polar surface area (TPSA) is 67.3 Å². The fourth-order valence-electron chi connectivity index (χ4n) is 2.84. The summed E-state index contributed by atoms with van der Waals surface area (Å²) in [4.78, 5) is 22.9. The van der Waals surface area contributed by atoms with Crippen LogP contribution < -0.4 is 15.0 Å². The van der Waals surface area contributed by atoms with E-state index in [2.05, 4.69) is 20.0 Å². The molecule has 1 atom stereocenters. The maximum absolute atomic E-state index is 12.5. The Balaban J connectivity index is 1.63. The minimum atomic E-state index is -2.96. The summed E-state index contributed by atoms with van der Waals surface area (Å²) in [6, 6.07) is 5.90. The number of amides is 1. The third-order valence-electron chi connectivity index (χ3n) is 4.04. The van der Waals surface area contributed by atoms with Crippen LogP contribution in [0.1, 0.15) is 12.8 Å². The van der Waals surface area contributed by atoms with Gasteiger partial charge in [0, 0.05) is 31.2 Å². The summed E-state index contributed by atoms with van der Waals surface area (Å²) < 4.78 is 28.8. The van der Waals surface area contributed by atoms with Crippen LogP contribution in [-0.4, -0.2) is 35.6 Å². The number of rotatable bonds is 5. The van der Waals surface area contributed by atoms with E-state index in [9.17, 15) is 13.6 Å². The third-order valence-corrected chi connectivity index (χ3v) is 4.34. The van der Waals surface area contributed by atoms with Gasteiger partial charge in [0.2, 0.25) is 11.9 Å². The Morgan fingerprint density at radius 3 is 2.81 bits per heavy atom. The van der Waals surface area contributed by atoms with Crippen LogP contribution >= 0.6 is 11.6 Å². The van der Waals surface area contributed by atoms with Gasteiger partial charge in [0.15, 0.2) is 0 Å². The van der Waals surface area contributed by atoms with E-state index in [1.807, 2.05) is 4.90 Å². The van der Waals surface area contributed by atoms with E-state index in [0.29, 0.717) is 18.2 Å². The minimum Gasteiger partial charge on any atom is -0.433 e. The first kappa shape index (κ1) is 18.3. The van der Waals surface area contributed by atoms with Gasteiger partial charge in [0.1, 0.15) is 5.75 Å². The highest BCUT2D eigenvalue weighted by Gasteiger charge is 2.27. The molecule has 1 aliphatic rings. The molecule has 1 saturated heterocycles. The highest BCUT2D eigenvalue weighted by Crippen LogP contribution is 2.29. The van der Waals surface area contributed by atoms with Crippen LogP contribution in [0.25, 0.3) is 0 Å². The smallest absolute Gasteiger partial charge is 0.387 e. The van der Waals surface area contributed by atoms with Crippen LogP contribution in [0.2, 0.25) is 5.02 Å². The van der Waals surface area contributed by atoms with Gasteiger partial charge in [-0.1, -0.05) is 11.6 Å². The molecule has 3 rings (SSSR count). The number of alkyl halides is 2. The normalized spacial score (nSPS) is 17.2. The van der Waals surface area contributed by atoms with Gasteiger partial charge >= 0.3 is 6.61 Å². The number of carbonyl (C=O) groups is 1. The number of nitrogens with zero attached hydrogens (tertiary/aromatic N) is 3. The fourth-order valence-corrected chi connectivity index (χ4v) is 3.07. The Bertz CT molecular complexity index is 764. The van der Waals surface area contributed by atoms with E-state index in [1.54, 1.807) is 18.5 Å². The highest BCUT2D eigenvalue weighted by atomic mass is 35.5. The number of hydrogen-bond acceptors (Lipinski definition) is 5. The predicted octanol–water partition coefficient (Wildman–Crippen LogP) is 3.59. The number of anilines is 2. The zero-order chi connectivity index (χ0) is 18.5. The summed E-state index contributed by atoms with van der Waals surface area (Å²) in [5.74, 6) is 0.0684. The van der Waals surface area contributed by atoms with Gasteiger partial charge in [-0.05, 0) is 37.1 Å². The Morgan fingerprint density at radius 1 is 1.35 bits per heavy atom. The van der Waals surface area contributed by atoms with Crippen LogP contribution in [0.4, 0.5) is 20.4 Å². The van der Waals surface area contributed by atoms with Crippen molar-refractivity contribution in [3.8, 4) is 5.75 Å². The molecule has 26 heavy (non-hydrogen) atoms. The van der Waals surface area contributed by atoms with Gasteiger partial charge in [-0.2, -0.15) is 8.78 Å². The Hall–Kier alpha value is -2.48. The lowest BCUT2D eigenvalue weighted by Crippen LogP contribution is -2.41. The summed E-state index contributed by atoms with van der Waals surface area (Å²) in [6.07, 6.45) is 4.92. The first-order chi connectivity index (χ1) is 12.5. The molecule has 0 saturated carbocycles. The Kier molecular flexibility index (Phi) is 5.82. The van der Waals surface area contributed by atoms with Gasteiger partial charge in [-0.15, -0.1) is 0 Å². The summed E-state index contributed by atoms with van der Waals surface area (Å²) in [7, 11) is 0. The molecule has 0 bridgehead atoms. The fraction of sp³-hybridized carbons (Fsp3) is 0.353. The zero-order valence-corrected chi connectivity index (χ0v) is 14.5. The molecular formula is C17H17ClF2N4O2. The van der Waals surface area contributed by atoms with E-state index in [-0.39, 0.29) is 22.6 Å². The minimum absolute atomic E-state index is 0.00561. The van der Waals surface area contributed by atoms with E-state index >= 15 is 0 Å². The second-order valence-electron chi connectivity index (χ2n) is 5.85. The highest BCUT2D eigenvalue weighted by molar-refractivity contribution is 6.32. The van der Waals surface area contributed by atoms with Crippen molar-refractivity contribution in [3.63, 3.8) is 0 Å². The van der Waals surface area contributed by atoms with Crippen LogP contribution in [0.5, 0.6) is 5.75 Å². The zero-order valence-electron chi connectivity index (χ0n) is 13.7. The van der Waals surface area contributed by atoms with Crippen molar-refractivity contribution in [2.24, 2.45) is 5.92 Å². The van der Waals surface area contributed by atoms with Gasteiger partial charge in [0.25, 0.3) is 0 Å². The number of hydrogen-bond donors (Lipinski definition) is 1.